The summed E-state index contributed by atoms with van der Waals surface area (Å²) in [5.41, 5.74) is 1.65. The number of nitrogens with zero attached hydrogens (tertiary/aromatic N) is 2. The Labute approximate surface area is 156 Å². The highest BCUT2D eigenvalue weighted by Crippen LogP contribution is 2.19. The van der Waals surface area contributed by atoms with Crippen molar-refractivity contribution < 1.29 is 14.3 Å². The van der Waals surface area contributed by atoms with E-state index in [4.69, 9.17) is 9.47 Å². The van der Waals surface area contributed by atoms with E-state index >= 15 is 0 Å². The largest absolute Gasteiger partial charge is 0.497 e. The van der Waals surface area contributed by atoms with E-state index < -0.39 is 0 Å². The molecule has 1 heterocycles. The van der Waals surface area contributed by atoms with Crippen LogP contribution in [-0.2, 0) is 11.3 Å². The molecule has 0 saturated heterocycles. The molecule has 0 aliphatic carbocycles. The van der Waals surface area contributed by atoms with Gasteiger partial charge in [0.05, 0.1) is 26.2 Å². The molecule has 0 radical (unpaired) electrons. The molecule has 2 aromatic carbocycles. The molecule has 0 aliphatic rings. The third-order valence-electron chi connectivity index (χ3n) is 3.95. The number of hydrogen-bond acceptors (Lipinski definition) is 5. The van der Waals surface area contributed by atoms with E-state index in [1.807, 2.05) is 12.1 Å². The zero-order chi connectivity index (χ0) is 19.2. The highest BCUT2D eigenvalue weighted by Gasteiger charge is 2.08. The quantitative estimate of drug-likeness (QED) is 0.726. The predicted octanol–water partition coefficient (Wildman–Crippen LogP) is 2.57. The predicted molar refractivity (Wildman–Crippen MR) is 102 cm³/mol. The number of ether oxygens (including phenoxy) is 2. The lowest BCUT2D eigenvalue weighted by Gasteiger charge is -2.09. The second kappa shape index (κ2) is 8.18. The number of rotatable bonds is 6. The van der Waals surface area contributed by atoms with Gasteiger partial charge in [-0.1, -0.05) is 0 Å². The van der Waals surface area contributed by atoms with Gasteiger partial charge in [0.15, 0.2) is 0 Å². The highest BCUT2D eigenvalue weighted by molar-refractivity contribution is 5.90. The van der Waals surface area contributed by atoms with Gasteiger partial charge in [0, 0.05) is 17.3 Å². The van der Waals surface area contributed by atoms with Gasteiger partial charge in [-0.3, -0.25) is 14.2 Å². The summed E-state index contributed by atoms with van der Waals surface area (Å²) in [6.45, 7) is -0.124. The van der Waals surface area contributed by atoms with E-state index in [9.17, 15) is 9.59 Å². The lowest BCUT2D eigenvalue weighted by molar-refractivity contribution is -0.116. The molecule has 0 spiro atoms. The fourth-order valence-corrected chi connectivity index (χ4v) is 2.49. The Morgan fingerprint density at radius 3 is 2.15 bits per heavy atom. The van der Waals surface area contributed by atoms with Crippen LogP contribution in [0.3, 0.4) is 0 Å². The zero-order valence-electron chi connectivity index (χ0n) is 15.0. The van der Waals surface area contributed by atoms with Gasteiger partial charge in [0.2, 0.25) is 5.91 Å². The van der Waals surface area contributed by atoms with Crippen LogP contribution in [0.5, 0.6) is 11.5 Å². The maximum absolute atomic E-state index is 12.3. The Hall–Kier alpha value is -3.61. The molecule has 0 aliphatic heterocycles. The summed E-state index contributed by atoms with van der Waals surface area (Å²) in [5.74, 6) is 1.10. The summed E-state index contributed by atoms with van der Waals surface area (Å²) in [7, 11) is 3.16. The molecular weight excluding hydrogens is 346 g/mol. The molecule has 0 bridgehead atoms. The van der Waals surface area contributed by atoms with Crippen LogP contribution < -0.4 is 20.3 Å². The Bertz CT molecular complexity index is 979. The smallest absolute Gasteiger partial charge is 0.254 e. The van der Waals surface area contributed by atoms with Gasteiger partial charge in [0.25, 0.3) is 5.56 Å². The molecule has 1 aromatic heterocycles. The van der Waals surface area contributed by atoms with Gasteiger partial charge in [-0.2, -0.15) is 0 Å². The van der Waals surface area contributed by atoms with Gasteiger partial charge < -0.3 is 14.8 Å². The molecule has 7 nitrogen and oxygen atoms in total. The van der Waals surface area contributed by atoms with Crippen LogP contribution in [0.25, 0.3) is 11.3 Å². The number of methoxy groups -OCH3 is 2. The maximum Gasteiger partial charge on any atom is 0.254 e. The molecule has 27 heavy (non-hydrogen) atoms. The number of hydrogen-bond donors (Lipinski definition) is 1. The molecule has 0 unspecified atom stereocenters. The van der Waals surface area contributed by atoms with Gasteiger partial charge in [-0.25, -0.2) is 4.98 Å². The molecular formula is C20H19N3O4. The number of benzene rings is 2. The van der Waals surface area contributed by atoms with Crippen LogP contribution in [0.2, 0.25) is 0 Å². The SMILES string of the molecule is COc1ccc(NC(=O)Cn2cnc(-c3ccc(OC)cc3)cc2=O)cc1. The van der Waals surface area contributed by atoms with Crippen molar-refractivity contribution >= 4 is 11.6 Å². The van der Waals surface area contributed by atoms with Crippen molar-refractivity contribution in [1.29, 1.82) is 0 Å². The van der Waals surface area contributed by atoms with Crippen molar-refractivity contribution in [2.24, 2.45) is 0 Å². The first kappa shape index (κ1) is 18.2. The number of carbonyl (C=O) groups excluding carboxylic acids is 1. The molecule has 0 fully saturated rings. The third-order valence-corrected chi connectivity index (χ3v) is 3.95. The Morgan fingerprint density at radius 1 is 1.00 bits per heavy atom. The average Bonchev–Trinajstić information content (AvgIpc) is 2.70. The van der Waals surface area contributed by atoms with Crippen molar-refractivity contribution in [2.75, 3.05) is 19.5 Å². The van der Waals surface area contributed by atoms with Crippen molar-refractivity contribution in [1.82, 2.24) is 9.55 Å². The van der Waals surface area contributed by atoms with E-state index in [0.29, 0.717) is 17.1 Å². The fourth-order valence-electron chi connectivity index (χ4n) is 2.49. The van der Waals surface area contributed by atoms with Crippen LogP contribution in [0, 0.1) is 0 Å². The Kier molecular flexibility index (Phi) is 5.51. The fraction of sp³-hybridized carbons (Fsp3) is 0.150. The van der Waals surface area contributed by atoms with Gasteiger partial charge >= 0.3 is 0 Å². The lowest BCUT2D eigenvalue weighted by Crippen LogP contribution is -2.27. The molecule has 0 atom stereocenters. The number of aromatic nitrogens is 2. The second-order valence-electron chi connectivity index (χ2n) is 5.75. The van der Waals surface area contributed by atoms with E-state index in [1.165, 1.54) is 17.0 Å². The second-order valence-corrected chi connectivity index (χ2v) is 5.75. The molecule has 1 N–H and O–H groups in total. The van der Waals surface area contributed by atoms with Crippen molar-refractivity contribution in [2.45, 2.75) is 6.54 Å². The standard InChI is InChI=1S/C20H19N3O4/c1-26-16-7-3-14(4-8-16)18-11-20(25)23(13-21-18)12-19(24)22-15-5-9-17(27-2)10-6-15/h3-11,13H,12H2,1-2H3,(H,22,24). The Morgan fingerprint density at radius 2 is 1.59 bits per heavy atom. The molecule has 7 heteroatoms. The van der Waals surface area contributed by atoms with Gasteiger partial charge in [-0.05, 0) is 48.5 Å². The minimum Gasteiger partial charge on any atom is -0.497 e. The van der Waals surface area contributed by atoms with Crippen LogP contribution in [-0.4, -0.2) is 29.7 Å². The first-order valence-electron chi connectivity index (χ1n) is 8.24. The number of amides is 1. The molecule has 3 aromatic rings. The normalized spacial score (nSPS) is 10.3. The summed E-state index contributed by atoms with van der Waals surface area (Å²) in [5, 5.41) is 2.73. The highest BCUT2D eigenvalue weighted by atomic mass is 16.5. The molecule has 0 saturated carbocycles. The molecule has 3 rings (SSSR count). The first-order chi connectivity index (χ1) is 13.1. The van der Waals surface area contributed by atoms with Crippen molar-refractivity contribution in [3.8, 4) is 22.8 Å². The van der Waals surface area contributed by atoms with Crippen molar-refractivity contribution in [3.05, 3.63) is 71.3 Å². The molecule has 1 amide bonds. The van der Waals surface area contributed by atoms with Crippen molar-refractivity contribution in [3.63, 3.8) is 0 Å². The number of nitrogens with one attached hydrogen (secondary N) is 1. The topological polar surface area (TPSA) is 82.4 Å². The summed E-state index contributed by atoms with van der Waals surface area (Å²) in [6, 6.07) is 15.6. The average molecular weight is 365 g/mol. The maximum atomic E-state index is 12.3. The van der Waals surface area contributed by atoms with E-state index in [0.717, 1.165) is 11.3 Å². The number of carbonyl (C=O) groups is 1. The van der Waals surface area contributed by atoms with Gasteiger partial charge in [-0.15, -0.1) is 0 Å². The minimum atomic E-state index is -0.318. The first-order valence-corrected chi connectivity index (χ1v) is 8.24. The Balaban J connectivity index is 1.69. The number of anilines is 1. The third kappa shape index (κ3) is 4.52. The summed E-state index contributed by atoms with van der Waals surface area (Å²) >= 11 is 0. The minimum absolute atomic E-state index is 0.124. The van der Waals surface area contributed by atoms with Crippen LogP contribution in [0.1, 0.15) is 0 Å². The van der Waals surface area contributed by atoms with E-state index in [2.05, 4.69) is 10.3 Å². The summed E-state index contributed by atoms with van der Waals surface area (Å²) < 4.78 is 11.4. The van der Waals surface area contributed by atoms with Gasteiger partial charge in [0.1, 0.15) is 18.0 Å². The monoisotopic (exact) mass is 365 g/mol. The van der Waals surface area contributed by atoms with Crippen LogP contribution in [0.4, 0.5) is 5.69 Å². The molecule has 138 valence electrons. The lowest BCUT2D eigenvalue weighted by atomic mass is 10.1. The van der Waals surface area contributed by atoms with E-state index in [-0.39, 0.29) is 18.0 Å². The summed E-state index contributed by atoms with van der Waals surface area (Å²) in [4.78, 5) is 28.8. The van der Waals surface area contributed by atoms with Crippen LogP contribution in [0.15, 0.2) is 65.7 Å². The summed E-state index contributed by atoms with van der Waals surface area (Å²) in [6.07, 6.45) is 1.37. The zero-order valence-corrected chi connectivity index (χ0v) is 15.0. The van der Waals surface area contributed by atoms with Crippen LogP contribution >= 0.6 is 0 Å². The van der Waals surface area contributed by atoms with E-state index in [1.54, 1.807) is 50.6 Å².